The first-order chi connectivity index (χ1) is 12.0. The van der Waals surface area contributed by atoms with Gasteiger partial charge < -0.3 is 16.4 Å². The fraction of sp³-hybridized carbons (Fsp3) is 0.125. The van der Waals surface area contributed by atoms with Crippen LogP contribution in [0.1, 0.15) is 5.56 Å². The van der Waals surface area contributed by atoms with E-state index in [0.717, 1.165) is 22.4 Å². The Morgan fingerprint density at radius 2 is 2.04 bits per heavy atom. The Labute approximate surface area is 153 Å². The second-order valence-corrected chi connectivity index (χ2v) is 6.74. The molecule has 0 aliphatic heterocycles. The van der Waals surface area contributed by atoms with E-state index < -0.39 is 4.92 Å². The molecule has 128 valence electrons. The molecular weight excluding hydrogens is 358 g/mol. The summed E-state index contributed by atoms with van der Waals surface area (Å²) >= 11 is 6.58. The van der Waals surface area contributed by atoms with Gasteiger partial charge in [0.1, 0.15) is 0 Å². The zero-order valence-corrected chi connectivity index (χ0v) is 14.7. The van der Waals surface area contributed by atoms with Crippen LogP contribution in [0.25, 0.3) is 10.2 Å². The van der Waals surface area contributed by atoms with Crippen LogP contribution in [0.3, 0.4) is 0 Å². The molecule has 3 rings (SSSR count). The van der Waals surface area contributed by atoms with Gasteiger partial charge in [-0.15, -0.1) is 0 Å². The monoisotopic (exact) mass is 373 g/mol. The van der Waals surface area contributed by atoms with Crippen LogP contribution >= 0.6 is 23.6 Å². The molecule has 2 aromatic carbocycles. The van der Waals surface area contributed by atoms with E-state index in [-0.39, 0.29) is 5.69 Å². The molecule has 4 N–H and O–H groups in total. The number of non-ortho nitro benzene ring substituents is 1. The van der Waals surface area contributed by atoms with E-state index in [1.54, 1.807) is 6.07 Å². The summed E-state index contributed by atoms with van der Waals surface area (Å²) in [7, 11) is 0. The Morgan fingerprint density at radius 3 is 2.76 bits per heavy atom. The smallest absolute Gasteiger partial charge is 0.270 e. The third kappa shape index (κ3) is 4.40. The number of nitrogens with one attached hydrogen (secondary N) is 2. The fourth-order valence-corrected chi connectivity index (χ4v) is 3.39. The number of hydrogen-bond acceptors (Lipinski definition) is 6. The van der Waals surface area contributed by atoms with Crippen LogP contribution < -0.4 is 16.4 Å². The lowest BCUT2D eigenvalue weighted by Crippen LogP contribution is -2.30. The molecule has 0 atom stereocenters. The Balaban J connectivity index is 1.56. The van der Waals surface area contributed by atoms with E-state index in [9.17, 15) is 10.1 Å². The minimum Gasteiger partial charge on any atom is -0.399 e. The van der Waals surface area contributed by atoms with Gasteiger partial charge in [-0.2, -0.15) is 0 Å². The molecule has 0 saturated carbocycles. The maximum atomic E-state index is 10.8. The van der Waals surface area contributed by atoms with E-state index in [4.69, 9.17) is 18.0 Å². The number of thiocarbonyl (C=S) groups is 1. The van der Waals surface area contributed by atoms with Crippen molar-refractivity contribution in [3.8, 4) is 0 Å². The van der Waals surface area contributed by atoms with Gasteiger partial charge >= 0.3 is 0 Å². The summed E-state index contributed by atoms with van der Waals surface area (Å²) in [5, 5.41) is 18.0. The lowest BCUT2D eigenvalue weighted by molar-refractivity contribution is -0.384. The van der Waals surface area contributed by atoms with Crippen molar-refractivity contribution in [2.24, 2.45) is 0 Å². The third-order valence-electron chi connectivity index (χ3n) is 3.48. The van der Waals surface area contributed by atoms with Gasteiger partial charge in [-0.25, -0.2) is 4.98 Å². The van der Waals surface area contributed by atoms with Crippen molar-refractivity contribution in [1.29, 1.82) is 0 Å². The molecule has 0 saturated heterocycles. The largest absolute Gasteiger partial charge is 0.399 e. The first-order valence-corrected chi connectivity index (χ1v) is 8.68. The first-order valence-electron chi connectivity index (χ1n) is 7.45. The molecule has 0 spiro atoms. The molecule has 0 amide bonds. The van der Waals surface area contributed by atoms with Crippen molar-refractivity contribution in [2.45, 2.75) is 6.42 Å². The van der Waals surface area contributed by atoms with Gasteiger partial charge in [-0.05, 0) is 42.4 Å². The maximum absolute atomic E-state index is 10.8. The van der Waals surface area contributed by atoms with E-state index in [0.29, 0.717) is 22.3 Å². The Bertz CT molecular complexity index is 924. The molecule has 9 heteroatoms. The normalized spacial score (nSPS) is 10.6. The molecule has 0 bridgehead atoms. The van der Waals surface area contributed by atoms with Gasteiger partial charge in [-0.3, -0.25) is 10.1 Å². The van der Waals surface area contributed by atoms with Crippen LogP contribution in [0.4, 0.5) is 16.5 Å². The molecule has 0 aliphatic carbocycles. The van der Waals surface area contributed by atoms with E-state index in [1.807, 2.05) is 24.3 Å². The molecule has 1 aromatic heterocycles. The number of rotatable bonds is 5. The number of thiazole rings is 1. The minimum atomic E-state index is -0.421. The number of nitrogen functional groups attached to an aromatic ring is 1. The molecule has 0 fully saturated rings. The number of nitro groups is 1. The number of aromatic nitrogens is 1. The highest BCUT2D eigenvalue weighted by atomic mass is 32.1. The van der Waals surface area contributed by atoms with Crippen LogP contribution in [-0.4, -0.2) is 21.6 Å². The molecule has 1 heterocycles. The van der Waals surface area contributed by atoms with Crippen molar-refractivity contribution in [3.63, 3.8) is 0 Å². The Morgan fingerprint density at radius 1 is 1.28 bits per heavy atom. The number of nitro benzene ring substituents is 1. The summed E-state index contributed by atoms with van der Waals surface area (Å²) in [5.41, 5.74) is 8.31. The number of nitrogens with zero attached hydrogens (tertiary/aromatic N) is 2. The molecule has 0 unspecified atom stereocenters. The van der Waals surface area contributed by atoms with Gasteiger partial charge in [0.25, 0.3) is 5.69 Å². The fourth-order valence-electron chi connectivity index (χ4n) is 2.23. The topological polar surface area (TPSA) is 106 Å². The summed E-state index contributed by atoms with van der Waals surface area (Å²) in [5.74, 6) is 0. The zero-order valence-electron chi connectivity index (χ0n) is 13.1. The molecule has 7 nitrogen and oxygen atoms in total. The summed E-state index contributed by atoms with van der Waals surface area (Å²) in [6.45, 7) is 0.673. The third-order valence-corrected chi connectivity index (χ3v) is 4.66. The van der Waals surface area contributed by atoms with Crippen LogP contribution in [-0.2, 0) is 6.42 Å². The SMILES string of the molecule is Nc1ccc(CCNC(=S)Nc2nc3ccc([N+](=O)[O-])cc3s2)cc1. The average Bonchev–Trinajstić information content (AvgIpc) is 2.97. The van der Waals surface area contributed by atoms with Crippen LogP contribution in [0.5, 0.6) is 0 Å². The minimum absolute atomic E-state index is 0.0481. The quantitative estimate of drug-likeness (QED) is 0.273. The Kier molecular flexibility index (Phi) is 5.05. The summed E-state index contributed by atoms with van der Waals surface area (Å²) in [6, 6.07) is 12.3. The van der Waals surface area contributed by atoms with Crippen molar-refractivity contribution in [2.75, 3.05) is 17.6 Å². The van der Waals surface area contributed by atoms with Crippen molar-refractivity contribution < 1.29 is 4.92 Å². The van der Waals surface area contributed by atoms with Crippen molar-refractivity contribution >= 4 is 55.4 Å². The number of hydrogen-bond donors (Lipinski definition) is 3. The highest BCUT2D eigenvalue weighted by Gasteiger charge is 2.10. The van der Waals surface area contributed by atoms with Crippen molar-refractivity contribution in [3.05, 3.63) is 58.1 Å². The van der Waals surface area contributed by atoms with Crippen LogP contribution in [0.2, 0.25) is 0 Å². The molecule has 25 heavy (non-hydrogen) atoms. The number of fused-ring (bicyclic) bond motifs is 1. The van der Waals surface area contributed by atoms with Crippen LogP contribution in [0.15, 0.2) is 42.5 Å². The highest BCUT2D eigenvalue weighted by molar-refractivity contribution is 7.80. The van der Waals surface area contributed by atoms with Gasteiger partial charge in [-0.1, -0.05) is 23.5 Å². The number of anilines is 2. The second kappa shape index (κ2) is 7.41. The van der Waals surface area contributed by atoms with Crippen LogP contribution in [0, 0.1) is 10.1 Å². The van der Waals surface area contributed by atoms with Gasteiger partial charge in [0.15, 0.2) is 10.2 Å². The van der Waals surface area contributed by atoms with Gasteiger partial charge in [0, 0.05) is 24.4 Å². The standard InChI is InChI=1S/C16H15N5O2S2/c17-11-3-1-10(2-4-11)7-8-18-15(24)20-16-19-13-6-5-12(21(22)23)9-14(13)25-16/h1-6,9H,7-8,17H2,(H2,18,19,20,24). The molecular formula is C16H15N5O2S2. The Hall–Kier alpha value is -2.78. The predicted molar refractivity (Wildman–Crippen MR) is 105 cm³/mol. The molecule has 3 aromatic rings. The zero-order chi connectivity index (χ0) is 17.8. The summed E-state index contributed by atoms with van der Waals surface area (Å²) in [4.78, 5) is 14.8. The number of benzene rings is 2. The molecule has 0 aliphatic rings. The molecule has 0 radical (unpaired) electrons. The summed E-state index contributed by atoms with van der Waals surface area (Å²) in [6.07, 6.45) is 0.814. The highest BCUT2D eigenvalue weighted by Crippen LogP contribution is 2.29. The summed E-state index contributed by atoms with van der Waals surface area (Å²) < 4.78 is 0.737. The predicted octanol–water partition coefficient (Wildman–Crippen LogP) is 3.32. The van der Waals surface area contributed by atoms with E-state index in [1.165, 1.54) is 23.5 Å². The van der Waals surface area contributed by atoms with E-state index >= 15 is 0 Å². The number of nitrogens with two attached hydrogens (primary N) is 1. The van der Waals surface area contributed by atoms with E-state index in [2.05, 4.69) is 15.6 Å². The second-order valence-electron chi connectivity index (χ2n) is 5.30. The van der Waals surface area contributed by atoms with Gasteiger partial charge in [0.05, 0.1) is 15.1 Å². The van der Waals surface area contributed by atoms with Crippen molar-refractivity contribution in [1.82, 2.24) is 10.3 Å². The lowest BCUT2D eigenvalue weighted by Gasteiger charge is -2.08. The lowest BCUT2D eigenvalue weighted by atomic mass is 10.1. The first kappa shape index (κ1) is 17.1. The van der Waals surface area contributed by atoms with Gasteiger partial charge in [0.2, 0.25) is 0 Å². The average molecular weight is 373 g/mol. The maximum Gasteiger partial charge on any atom is 0.270 e.